The fourth-order valence-corrected chi connectivity index (χ4v) is 1.58. The summed E-state index contributed by atoms with van der Waals surface area (Å²) in [4.78, 5) is 0. The molecule has 1 N–H and O–H groups in total. The highest BCUT2D eigenvalue weighted by Crippen LogP contribution is 2.25. The second-order valence-electron chi connectivity index (χ2n) is 4.03. The fraction of sp³-hybridized carbons (Fsp3) is 0.500. The van der Waals surface area contributed by atoms with Crippen molar-refractivity contribution in [2.75, 3.05) is 13.1 Å². The van der Waals surface area contributed by atoms with Gasteiger partial charge in [-0.3, -0.25) is 0 Å². The zero-order chi connectivity index (χ0) is 10.1. The van der Waals surface area contributed by atoms with Crippen LogP contribution in [0.1, 0.15) is 18.1 Å². The van der Waals surface area contributed by atoms with Gasteiger partial charge in [0, 0.05) is 14.5 Å². The lowest BCUT2D eigenvalue weighted by Gasteiger charge is -2.29. The number of nitrogens with one attached hydrogen (secondary N) is 1. The Morgan fingerprint density at radius 2 is 1.93 bits per heavy atom. The molecule has 1 saturated heterocycles. The van der Waals surface area contributed by atoms with Crippen LogP contribution in [-0.4, -0.2) is 19.2 Å². The first kappa shape index (κ1) is 9.53. The minimum atomic E-state index is 0. The van der Waals surface area contributed by atoms with Crippen molar-refractivity contribution in [3.05, 3.63) is 28.8 Å². The molecule has 2 heteroatoms. The fourth-order valence-electron chi connectivity index (χ4n) is 1.58. The molecular weight excluding hydrogens is 174 g/mol. The van der Waals surface area contributed by atoms with E-state index in [1.54, 1.807) is 0 Å². The van der Waals surface area contributed by atoms with E-state index in [-0.39, 0.29) is 1.43 Å². The number of hydrogen-bond acceptors (Lipinski definition) is 2. The van der Waals surface area contributed by atoms with Gasteiger partial charge >= 0.3 is 0 Å². The highest BCUT2D eigenvalue weighted by Gasteiger charge is 2.19. The van der Waals surface area contributed by atoms with Crippen molar-refractivity contribution in [3.63, 3.8) is 0 Å². The van der Waals surface area contributed by atoms with Gasteiger partial charge in [0.2, 0.25) is 0 Å². The van der Waals surface area contributed by atoms with Crippen molar-refractivity contribution in [2.45, 2.75) is 26.9 Å². The molecule has 2 nitrogen and oxygen atoms in total. The molecule has 0 amide bonds. The van der Waals surface area contributed by atoms with Gasteiger partial charge in [-0.2, -0.15) is 0 Å². The highest BCUT2D eigenvalue weighted by molar-refractivity contribution is 5.43. The molecule has 1 aromatic rings. The zero-order valence-corrected chi connectivity index (χ0v) is 9.05. The van der Waals surface area contributed by atoms with Crippen molar-refractivity contribution < 1.29 is 6.16 Å². The summed E-state index contributed by atoms with van der Waals surface area (Å²) in [6.07, 6.45) is 0.371. The molecule has 14 heavy (non-hydrogen) atoms. The average molecular weight is 193 g/mol. The van der Waals surface area contributed by atoms with Gasteiger partial charge in [-0.15, -0.1) is 0 Å². The van der Waals surface area contributed by atoms with Crippen LogP contribution in [0, 0.1) is 20.8 Å². The molecule has 2 rings (SSSR count). The Balaban J connectivity index is 0.00000112. The predicted octanol–water partition coefficient (Wildman–Crippen LogP) is 2.21. The van der Waals surface area contributed by atoms with Gasteiger partial charge in [0.05, 0.1) is 0 Å². The molecule has 0 unspecified atom stereocenters. The maximum Gasteiger partial charge on any atom is 0.123 e. The molecule has 0 aliphatic carbocycles. The van der Waals surface area contributed by atoms with Crippen LogP contribution in [0.3, 0.4) is 0 Å². The highest BCUT2D eigenvalue weighted by atomic mass is 16.5. The molecule has 1 fully saturated rings. The maximum absolute atomic E-state index is 5.85. The molecule has 0 aromatic heterocycles. The second kappa shape index (κ2) is 3.62. The lowest BCUT2D eigenvalue weighted by Crippen LogP contribution is -2.50. The van der Waals surface area contributed by atoms with Gasteiger partial charge in [0.1, 0.15) is 11.9 Å². The first-order chi connectivity index (χ1) is 6.68. The third kappa shape index (κ3) is 1.62. The third-order valence-electron chi connectivity index (χ3n) is 3.05. The normalized spacial score (nSPS) is 16.5. The summed E-state index contributed by atoms with van der Waals surface area (Å²) in [5.41, 5.74) is 3.95. The Hall–Kier alpha value is -1.02. The van der Waals surface area contributed by atoms with Crippen LogP contribution in [0.5, 0.6) is 5.75 Å². The summed E-state index contributed by atoms with van der Waals surface area (Å²) in [6.45, 7) is 8.37. The van der Waals surface area contributed by atoms with E-state index in [1.807, 2.05) is 0 Å². The van der Waals surface area contributed by atoms with Gasteiger partial charge in [-0.1, -0.05) is 6.07 Å². The number of ether oxygens (including phenoxy) is 1. The largest absolute Gasteiger partial charge is 0.487 e. The monoisotopic (exact) mass is 193 g/mol. The minimum Gasteiger partial charge on any atom is -0.487 e. The standard InChI is InChI=1S/C12H17NO.H2/c1-8-4-5-12(10(3)9(8)2)14-11-6-13-7-11;/h4-5,11,13H,6-7H2,1-3H3;1H. The van der Waals surface area contributed by atoms with E-state index < -0.39 is 0 Å². The Morgan fingerprint density at radius 1 is 1.21 bits per heavy atom. The number of rotatable bonds is 2. The van der Waals surface area contributed by atoms with E-state index in [2.05, 4.69) is 38.2 Å². The average Bonchev–Trinajstić information content (AvgIpc) is 2.10. The van der Waals surface area contributed by atoms with Crippen LogP contribution >= 0.6 is 0 Å². The van der Waals surface area contributed by atoms with Crippen molar-refractivity contribution in [1.29, 1.82) is 0 Å². The Bertz CT molecular complexity index is 348. The lowest BCUT2D eigenvalue weighted by molar-refractivity contribution is 0.141. The molecule has 0 bridgehead atoms. The molecule has 1 aromatic carbocycles. The smallest absolute Gasteiger partial charge is 0.123 e. The quantitative estimate of drug-likeness (QED) is 0.777. The second-order valence-corrected chi connectivity index (χ2v) is 4.03. The molecule has 1 aliphatic rings. The third-order valence-corrected chi connectivity index (χ3v) is 3.05. The topological polar surface area (TPSA) is 21.3 Å². The van der Waals surface area contributed by atoms with Gasteiger partial charge < -0.3 is 10.1 Å². The van der Waals surface area contributed by atoms with E-state index in [4.69, 9.17) is 4.74 Å². The minimum absolute atomic E-state index is 0. The maximum atomic E-state index is 5.85. The SMILES string of the molecule is Cc1ccc(OC2CNC2)c(C)c1C.[HH]. The van der Waals surface area contributed by atoms with Crippen molar-refractivity contribution in [1.82, 2.24) is 5.32 Å². The first-order valence-corrected chi connectivity index (χ1v) is 5.12. The van der Waals surface area contributed by atoms with Crippen molar-refractivity contribution in [3.8, 4) is 5.75 Å². The van der Waals surface area contributed by atoms with Gasteiger partial charge in [-0.25, -0.2) is 0 Å². The zero-order valence-electron chi connectivity index (χ0n) is 9.05. The summed E-state index contributed by atoms with van der Waals surface area (Å²) in [5.74, 6) is 1.04. The van der Waals surface area contributed by atoms with Crippen molar-refractivity contribution >= 4 is 0 Å². The predicted molar refractivity (Wildman–Crippen MR) is 60.1 cm³/mol. The Morgan fingerprint density at radius 3 is 2.50 bits per heavy atom. The summed E-state index contributed by atoms with van der Waals surface area (Å²) in [6, 6.07) is 4.21. The summed E-state index contributed by atoms with van der Waals surface area (Å²) in [5, 5.41) is 3.20. The van der Waals surface area contributed by atoms with Gasteiger partial charge in [-0.05, 0) is 43.5 Å². The van der Waals surface area contributed by atoms with E-state index in [1.165, 1.54) is 16.7 Å². The molecular formula is C12H19NO. The van der Waals surface area contributed by atoms with Crippen LogP contribution in [0.2, 0.25) is 0 Å². The first-order valence-electron chi connectivity index (χ1n) is 5.12. The van der Waals surface area contributed by atoms with Crippen molar-refractivity contribution in [2.24, 2.45) is 0 Å². The summed E-state index contributed by atoms with van der Waals surface area (Å²) >= 11 is 0. The van der Waals surface area contributed by atoms with Crippen LogP contribution in [0.15, 0.2) is 12.1 Å². The van der Waals surface area contributed by atoms with E-state index in [9.17, 15) is 0 Å². The van der Waals surface area contributed by atoms with Crippen LogP contribution in [0.4, 0.5) is 0 Å². The van der Waals surface area contributed by atoms with E-state index >= 15 is 0 Å². The number of hydrogen-bond donors (Lipinski definition) is 1. The van der Waals surface area contributed by atoms with Gasteiger partial charge in [0.15, 0.2) is 0 Å². The lowest BCUT2D eigenvalue weighted by atomic mass is 10.0. The number of aryl methyl sites for hydroxylation is 1. The Kier molecular flexibility index (Phi) is 2.46. The molecule has 0 saturated carbocycles. The van der Waals surface area contributed by atoms with E-state index in [0.29, 0.717) is 6.10 Å². The van der Waals surface area contributed by atoms with E-state index in [0.717, 1.165) is 18.8 Å². The molecule has 78 valence electrons. The van der Waals surface area contributed by atoms with Crippen LogP contribution < -0.4 is 10.1 Å². The summed E-state index contributed by atoms with van der Waals surface area (Å²) < 4.78 is 5.85. The summed E-state index contributed by atoms with van der Waals surface area (Å²) in [7, 11) is 0. The van der Waals surface area contributed by atoms with Crippen LogP contribution in [-0.2, 0) is 0 Å². The molecule has 1 heterocycles. The molecule has 0 radical (unpaired) electrons. The van der Waals surface area contributed by atoms with Gasteiger partial charge in [0.25, 0.3) is 0 Å². The molecule has 0 atom stereocenters. The Labute approximate surface area is 86.8 Å². The molecule has 0 spiro atoms. The molecule has 1 aliphatic heterocycles. The number of benzene rings is 1. The van der Waals surface area contributed by atoms with Crippen LogP contribution in [0.25, 0.3) is 0 Å².